The van der Waals surface area contributed by atoms with Gasteiger partial charge in [0.25, 0.3) is 5.91 Å². The zero-order valence-electron chi connectivity index (χ0n) is 11.5. The Labute approximate surface area is 121 Å². The van der Waals surface area contributed by atoms with Crippen molar-refractivity contribution in [2.75, 3.05) is 18.9 Å². The fourth-order valence-electron chi connectivity index (χ4n) is 1.58. The molecule has 0 saturated carbocycles. The number of aromatic nitrogens is 3. The topological polar surface area (TPSA) is 71.0 Å². The van der Waals surface area contributed by atoms with E-state index in [2.05, 4.69) is 27.4 Å². The van der Waals surface area contributed by atoms with E-state index in [0.29, 0.717) is 16.7 Å². The first-order chi connectivity index (χ1) is 9.70. The largest absolute Gasteiger partial charge is 0.360 e. The molecular weight excluding hydrogens is 274 g/mol. The number of pyridine rings is 1. The van der Waals surface area contributed by atoms with Gasteiger partial charge >= 0.3 is 0 Å². The van der Waals surface area contributed by atoms with Crippen LogP contribution in [0.2, 0.25) is 0 Å². The minimum atomic E-state index is -0.141. The molecule has 2 heterocycles. The molecule has 1 N–H and O–H groups in total. The van der Waals surface area contributed by atoms with Gasteiger partial charge in [0, 0.05) is 19.8 Å². The van der Waals surface area contributed by atoms with Gasteiger partial charge in [0.05, 0.1) is 12.2 Å². The highest BCUT2D eigenvalue weighted by Crippen LogP contribution is 2.17. The first-order valence-electron chi connectivity index (χ1n) is 6.43. The molecule has 0 saturated heterocycles. The maximum absolute atomic E-state index is 12.2. The molecule has 1 amide bonds. The van der Waals surface area contributed by atoms with E-state index in [4.69, 9.17) is 0 Å². The molecule has 0 bridgehead atoms. The average molecular weight is 291 g/mol. The van der Waals surface area contributed by atoms with Crippen molar-refractivity contribution in [2.24, 2.45) is 0 Å². The lowest BCUT2D eigenvalue weighted by Gasteiger charge is -2.14. The molecule has 2 aromatic rings. The van der Waals surface area contributed by atoms with Crippen molar-refractivity contribution in [3.05, 3.63) is 35.1 Å². The molecule has 0 unspecified atom stereocenters. The van der Waals surface area contributed by atoms with Crippen molar-refractivity contribution < 1.29 is 4.79 Å². The molecule has 2 aromatic heterocycles. The summed E-state index contributed by atoms with van der Waals surface area (Å²) in [6, 6.07) is 5.64. The summed E-state index contributed by atoms with van der Waals surface area (Å²) in [5, 5.41) is 12.1. The molecule has 0 spiro atoms. The molecular formula is C13H17N5OS. The summed E-state index contributed by atoms with van der Waals surface area (Å²) in [4.78, 5) is 18.0. The average Bonchev–Trinajstić information content (AvgIpc) is 2.94. The van der Waals surface area contributed by atoms with Crippen molar-refractivity contribution in [2.45, 2.75) is 19.9 Å². The van der Waals surface area contributed by atoms with Crippen LogP contribution in [0, 0.1) is 0 Å². The number of rotatable bonds is 6. The first-order valence-corrected chi connectivity index (χ1v) is 7.25. The van der Waals surface area contributed by atoms with Crippen LogP contribution in [0.1, 0.15) is 28.8 Å². The minimum absolute atomic E-state index is 0.141. The molecule has 2 rings (SSSR count). The maximum Gasteiger partial charge on any atom is 0.284 e. The predicted molar refractivity (Wildman–Crippen MR) is 78.7 cm³/mol. The molecule has 0 atom stereocenters. The Balaban J connectivity index is 1.98. The van der Waals surface area contributed by atoms with Crippen molar-refractivity contribution in [1.82, 2.24) is 20.1 Å². The summed E-state index contributed by atoms with van der Waals surface area (Å²) in [5.41, 5.74) is 0.845. The molecule has 0 aromatic carbocycles. The van der Waals surface area contributed by atoms with Crippen LogP contribution in [0.4, 0.5) is 5.13 Å². The summed E-state index contributed by atoms with van der Waals surface area (Å²) in [7, 11) is 1.73. The molecule has 0 radical (unpaired) electrons. The number of hydrogen-bond acceptors (Lipinski definition) is 6. The van der Waals surface area contributed by atoms with Crippen molar-refractivity contribution in [3.63, 3.8) is 0 Å². The zero-order valence-corrected chi connectivity index (χ0v) is 12.4. The second-order valence-electron chi connectivity index (χ2n) is 4.32. The maximum atomic E-state index is 12.2. The Morgan fingerprint density at radius 1 is 1.40 bits per heavy atom. The number of hydrogen-bond donors (Lipinski definition) is 1. The Morgan fingerprint density at radius 2 is 2.25 bits per heavy atom. The lowest BCUT2D eigenvalue weighted by atomic mass is 10.3. The molecule has 0 aliphatic carbocycles. The quantitative estimate of drug-likeness (QED) is 0.881. The second-order valence-corrected chi connectivity index (χ2v) is 5.30. The third-order valence-corrected chi connectivity index (χ3v) is 3.48. The number of nitrogens with zero attached hydrogens (tertiary/aromatic N) is 4. The molecule has 0 fully saturated rings. The SMILES string of the molecule is CCCNc1nnc(C(=O)N(C)Cc2ccccn2)s1. The summed E-state index contributed by atoms with van der Waals surface area (Å²) < 4.78 is 0. The zero-order chi connectivity index (χ0) is 14.4. The Kier molecular flexibility index (Phi) is 5.00. The predicted octanol–water partition coefficient (Wildman–Crippen LogP) is 2.03. The van der Waals surface area contributed by atoms with Gasteiger partial charge in [-0.05, 0) is 18.6 Å². The minimum Gasteiger partial charge on any atom is -0.360 e. The van der Waals surface area contributed by atoms with E-state index >= 15 is 0 Å². The molecule has 20 heavy (non-hydrogen) atoms. The van der Waals surface area contributed by atoms with Crippen LogP contribution < -0.4 is 5.32 Å². The summed E-state index contributed by atoms with van der Waals surface area (Å²) in [6.45, 7) is 3.35. The smallest absolute Gasteiger partial charge is 0.284 e. The standard InChI is InChI=1S/C13H17N5OS/c1-3-7-15-13-17-16-11(20-13)12(19)18(2)9-10-6-4-5-8-14-10/h4-6,8H,3,7,9H2,1-2H3,(H,15,17). The lowest BCUT2D eigenvalue weighted by molar-refractivity contribution is 0.0782. The summed E-state index contributed by atoms with van der Waals surface area (Å²) in [5.74, 6) is -0.141. The van der Waals surface area contributed by atoms with Gasteiger partial charge in [0.2, 0.25) is 10.1 Å². The molecule has 6 nitrogen and oxygen atoms in total. The van der Waals surface area contributed by atoms with E-state index in [9.17, 15) is 4.79 Å². The van der Waals surface area contributed by atoms with Crippen molar-refractivity contribution in [3.8, 4) is 0 Å². The van der Waals surface area contributed by atoms with Gasteiger partial charge in [-0.1, -0.05) is 24.3 Å². The highest BCUT2D eigenvalue weighted by Gasteiger charge is 2.17. The second kappa shape index (κ2) is 6.95. The fourth-order valence-corrected chi connectivity index (χ4v) is 2.35. The van der Waals surface area contributed by atoms with Crippen molar-refractivity contribution in [1.29, 1.82) is 0 Å². The first kappa shape index (κ1) is 14.4. The third kappa shape index (κ3) is 3.74. The summed E-state index contributed by atoms with van der Waals surface area (Å²) in [6.07, 6.45) is 2.72. The van der Waals surface area contributed by atoms with Gasteiger partial charge in [-0.2, -0.15) is 0 Å². The number of anilines is 1. The third-order valence-electron chi connectivity index (χ3n) is 2.61. The van der Waals surface area contributed by atoms with Gasteiger partial charge in [-0.15, -0.1) is 10.2 Å². The van der Waals surface area contributed by atoms with Crippen LogP contribution >= 0.6 is 11.3 Å². The van der Waals surface area contributed by atoms with Crippen LogP contribution in [0.25, 0.3) is 0 Å². The van der Waals surface area contributed by atoms with Gasteiger partial charge in [0.1, 0.15) is 0 Å². The van der Waals surface area contributed by atoms with E-state index in [1.54, 1.807) is 18.1 Å². The van der Waals surface area contributed by atoms with E-state index in [1.807, 2.05) is 18.2 Å². The van der Waals surface area contributed by atoms with E-state index in [1.165, 1.54) is 11.3 Å². The Bertz CT molecular complexity index is 557. The van der Waals surface area contributed by atoms with E-state index in [-0.39, 0.29) is 5.91 Å². The van der Waals surface area contributed by atoms with Gasteiger partial charge in [-0.3, -0.25) is 9.78 Å². The monoisotopic (exact) mass is 291 g/mol. The Morgan fingerprint density at radius 3 is 2.95 bits per heavy atom. The molecule has 106 valence electrons. The van der Waals surface area contributed by atoms with Gasteiger partial charge in [-0.25, -0.2) is 0 Å². The highest BCUT2D eigenvalue weighted by atomic mass is 32.1. The lowest BCUT2D eigenvalue weighted by Crippen LogP contribution is -2.26. The number of carbonyl (C=O) groups is 1. The van der Waals surface area contributed by atoms with Crippen LogP contribution in [0.5, 0.6) is 0 Å². The Hall–Kier alpha value is -2.02. The number of amides is 1. The number of carbonyl (C=O) groups excluding carboxylic acids is 1. The van der Waals surface area contributed by atoms with E-state index in [0.717, 1.165) is 18.7 Å². The molecule has 7 heteroatoms. The van der Waals surface area contributed by atoms with Crippen molar-refractivity contribution >= 4 is 22.4 Å². The summed E-state index contributed by atoms with van der Waals surface area (Å²) >= 11 is 1.27. The van der Waals surface area contributed by atoms with Gasteiger partial charge < -0.3 is 10.2 Å². The van der Waals surface area contributed by atoms with Crippen LogP contribution in [-0.4, -0.2) is 39.6 Å². The number of nitrogens with one attached hydrogen (secondary N) is 1. The molecule has 0 aliphatic heterocycles. The fraction of sp³-hybridized carbons (Fsp3) is 0.385. The van der Waals surface area contributed by atoms with Crippen LogP contribution in [0.3, 0.4) is 0 Å². The molecule has 0 aliphatic rings. The van der Waals surface area contributed by atoms with Crippen LogP contribution in [0.15, 0.2) is 24.4 Å². The van der Waals surface area contributed by atoms with Gasteiger partial charge in [0.15, 0.2) is 0 Å². The highest BCUT2D eigenvalue weighted by molar-refractivity contribution is 7.17. The van der Waals surface area contributed by atoms with Crippen LogP contribution in [-0.2, 0) is 6.54 Å². The van der Waals surface area contributed by atoms with E-state index < -0.39 is 0 Å². The normalized spacial score (nSPS) is 10.3.